The summed E-state index contributed by atoms with van der Waals surface area (Å²) in [5.41, 5.74) is 14.4. The third-order valence-corrected chi connectivity index (χ3v) is 14.6. The van der Waals surface area contributed by atoms with Crippen molar-refractivity contribution in [3.63, 3.8) is 0 Å². The Morgan fingerprint density at radius 3 is 1.46 bits per heavy atom. The zero-order valence-corrected chi connectivity index (χ0v) is 35.6. The Hall–Kier alpha value is -6.95. The summed E-state index contributed by atoms with van der Waals surface area (Å²) in [6.45, 7) is 2.38. The molecule has 2 unspecified atom stereocenters. The van der Waals surface area contributed by atoms with Crippen LogP contribution in [0.1, 0.15) is 6.92 Å². The highest BCUT2D eigenvalue weighted by Gasteiger charge is 2.26. The summed E-state index contributed by atoms with van der Waals surface area (Å²) in [6.07, 6.45) is 14.6. The number of hydrogen-bond acceptors (Lipinski definition) is 2. The highest BCUT2D eigenvalue weighted by Crippen LogP contribution is 2.48. The fourth-order valence-corrected chi connectivity index (χ4v) is 11.4. The summed E-state index contributed by atoms with van der Waals surface area (Å²) >= 11 is 0. The van der Waals surface area contributed by atoms with Crippen molar-refractivity contribution in [2.45, 2.75) is 12.2 Å². The Balaban J connectivity index is 1.02. The lowest BCUT2D eigenvalue weighted by Gasteiger charge is -2.39. The number of allylic oxidation sites excluding steroid dienone is 3. The van der Waals surface area contributed by atoms with E-state index in [0.29, 0.717) is 17.0 Å². The molecule has 2 atom stereocenters. The van der Waals surface area contributed by atoms with Crippen molar-refractivity contribution in [1.29, 1.82) is 0 Å². The van der Waals surface area contributed by atoms with E-state index in [9.17, 15) is 0 Å². The van der Waals surface area contributed by atoms with Crippen molar-refractivity contribution in [2.24, 2.45) is 5.92 Å². The number of rotatable bonds is 7. The first-order valence-electron chi connectivity index (χ1n) is 21.0. The summed E-state index contributed by atoms with van der Waals surface area (Å²) < 4.78 is 4.88. The first-order chi connectivity index (χ1) is 29.8. The van der Waals surface area contributed by atoms with Gasteiger partial charge in [-0.25, -0.2) is 20.0 Å². The predicted molar refractivity (Wildman–Crippen MR) is 263 cm³/mol. The second kappa shape index (κ2) is 14.6. The molecular formula is C56H46N4S. The molecule has 296 valence electrons. The predicted octanol–water partition coefficient (Wildman–Crippen LogP) is 14.5. The van der Waals surface area contributed by atoms with Crippen molar-refractivity contribution in [1.82, 2.24) is 19.1 Å². The lowest BCUT2D eigenvalue weighted by molar-refractivity contribution is 0.745. The molecule has 61 heavy (non-hydrogen) atoms. The van der Waals surface area contributed by atoms with Crippen LogP contribution in [0.5, 0.6) is 0 Å². The Labute approximate surface area is 358 Å². The van der Waals surface area contributed by atoms with Crippen molar-refractivity contribution < 1.29 is 0 Å². The SMILES string of the molecule is CC1C=C(n2c3ccccc3c3ccc(-c4ccc5c6ccccc6n(-c6ccc(-c7nc(-c8ccccc8)cc(-c8ccccc8)n7)cc6)c5c4)cc32)C=CC1S(C)(C)C. The van der Waals surface area contributed by atoms with Gasteiger partial charge in [-0.15, -0.1) is 0 Å². The number of benzene rings is 7. The fourth-order valence-electron chi connectivity index (χ4n) is 9.52. The first kappa shape index (κ1) is 37.1. The number of para-hydroxylation sites is 2. The molecule has 0 spiro atoms. The summed E-state index contributed by atoms with van der Waals surface area (Å²) in [5.74, 6) is 1.17. The highest BCUT2D eigenvalue weighted by atomic mass is 32.3. The van der Waals surface area contributed by atoms with Gasteiger partial charge in [0.1, 0.15) is 0 Å². The van der Waals surface area contributed by atoms with Gasteiger partial charge < -0.3 is 9.13 Å². The minimum atomic E-state index is -0.732. The Morgan fingerprint density at radius 1 is 0.443 bits per heavy atom. The average molecular weight is 807 g/mol. The Morgan fingerprint density at radius 2 is 0.918 bits per heavy atom. The zero-order chi connectivity index (χ0) is 41.2. The molecule has 5 heteroatoms. The molecule has 11 rings (SSSR count). The Kier molecular flexibility index (Phi) is 8.90. The molecule has 0 saturated carbocycles. The molecule has 0 fully saturated rings. The molecule has 0 radical (unpaired) electrons. The number of nitrogens with zero attached hydrogens (tertiary/aromatic N) is 4. The largest absolute Gasteiger partial charge is 0.310 e. The molecule has 0 amide bonds. The summed E-state index contributed by atoms with van der Waals surface area (Å²) in [5, 5.41) is 5.58. The van der Waals surface area contributed by atoms with E-state index in [1.165, 1.54) is 60.4 Å². The first-order valence-corrected chi connectivity index (χ1v) is 24.0. The van der Waals surface area contributed by atoms with E-state index in [1.807, 2.05) is 12.1 Å². The van der Waals surface area contributed by atoms with Gasteiger partial charge in [0.05, 0.1) is 33.5 Å². The molecule has 0 N–H and O–H groups in total. The van der Waals surface area contributed by atoms with Gasteiger partial charge in [-0.2, -0.15) is 0 Å². The lowest BCUT2D eigenvalue weighted by Crippen LogP contribution is -2.23. The lowest BCUT2D eigenvalue weighted by atomic mass is 10.00. The number of aromatic nitrogens is 4. The van der Waals surface area contributed by atoms with Gasteiger partial charge in [0, 0.05) is 54.9 Å². The van der Waals surface area contributed by atoms with Crippen LogP contribution < -0.4 is 0 Å². The van der Waals surface area contributed by atoms with Gasteiger partial charge in [0.25, 0.3) is 0 Å². The molecular weight excluding hydrogens is 761 g/mol. The molecule has 7 aromatic carbocycles. The van der Waals surface area contributed by atoms with Gasteiger partial charge in [-0.05, 0) is 96.5 Å². The molecule has 0 bridgehead atoms. The normalized spacial score (nSPS) is 15.8. The van der Waals surface area contributed by atoms with Crippen LogP contribution in [0.3, 0.4) is 0 Å². The van der Waals surface area contributed by atoms with Crippen molar-refractivity contribution in [3.05, 3.63) is 194 Å². The minimum Gasteiger partial charge on any atom is -0.310 e. The van der Waals surface area contributed by atoms with Crippen LogP contribution in [-0.4, -0.2) is 43.1 Å². The number of hydrogen-bond donors (Lipinski definition) is 0. The van der Waals surface area contributed by atoms with Crippen LogP contribution >= 0.6 is 10.0 Å². The van der Waals surface area contributed by atoms with E-state index >= 15 is 0 Å². The average Bonchev–Trinajstić information content (AvgIpc) is 3.81. The summed E-state index contributed by atoms with van der Waals surface area (Å²) in [7, 11) is -0.732. The second-order valence-corrected chi connectivity index (χ2v) is 21.5. The van der Waals surface area contributed by atoms with Gasteiger partial charge >= 0.3 is 0 Å². The highest BCUT2D eigenvalue weighted by molar-refractivity contribution is 8.32. The second-order valence-electron chi connectivity index (χ2n) is 17.1. The van der Waals surface area contributed by atoms with Crippen LogP contribution in [0.25, 0.3) is 100 Å². The fraction of sp³-hybridized carbons (Fsp3) is 0.107. The monoisotopic (exact) mass is 806 g/mol. The van der Waals surface area contributed by atoms with Crippen LogP contribution in [0.4, 0.5) is 0 Å². The van der Waals surface area contributed by atoms with Crippen LogP contribution in [0.2, 0.25) is 0 Å². The smallest absolute Gasteiger partial charge is 0.160 e. The summed E-state index contributed by atoms with van der Waals surface area (Å²) in [4.78, 5) is 10.2. The third kappa shape index (κ3) is 6.48. The standard InChI is InChI=1S/C56H46N4S/c1-37-33-44(29-32-55(37)61(2,3)4)60-52-22-14-12-20-46(52)48-31-26-42(35-54(48)60)41-25-30-47-45-19-11-13-21-51(45)59(53(47)34-41)43-27-23-40(24-28-43)56-57-49(38-15-7-5-8-16-38)36-50(58-56)39-17-9-6-10-18-39/h5-37,55H,1-4H3. The van der Waals surface area contributed by atoms with Gasteiger partial charge in [0.2, 0.25) is 0 Å². The van der Waals surface area contributed by atoms with E-state index in [2.05, 4.69) is 217 Å². The Bertz CT molecular complexity index is 3290. The zero-order valence-electron chi connectivity index (χ0n) is 34.8. The third-order valence-electron chi connectivity index (χ3n) is 12.4. The van der Waals surface area contributed by atoms with Gasteiger partial charge in [0.15, 0.2) is 5.82 Å². The van der Waals surface area contributed by atoms with Crippen LogP contribution in [0, 0.1) is 5.92 Å². The van der Waals surface area contributed by atoms with Crippen LogP contribution in [-0.2, 0) is 0 Å². The molecule has 0 saturated heterocycles. The van der Waals surface area contributed by atoms with Gasteiger partial charge in [-0.3, -0.25) is 0 Å². The molecule has 1 aliphatic carbocycles. The van der Waals surface area contributed by atoms with Crippen molar-refractivity contribution in [2.75, 3.05) is 18.8 Å². The van der Waals surface area contributed by atoms with E-state index < -0.39 is 10.0 Å². The molecule has 3 aromatic heterocycles. The van der Waals surface area contributed by atoms with Crippen LogP contribution in [0.15, 0.2) is 194 Å². The van der Waals surface area contributed by atoms with Gasteiger partial charge in [-0.1, -0.05) is 140 Å². The maximum absolute atomic E-state index is 5.10. The van der Waals surface area contributed by atoms with Crippen molar-refractivity contribution >= 4 is 59.3 Å². The van der Waals surface area contributed by atoms with E-state index in [0.717, 1.165) is 33.8 Å². The maximum atomic E-state index is 5.10. The quantitative estimate of drug-likeness (QED) is 0.161. The van der Waals surface area contributed by atoms with E-state index in [4.69, 9.17) is 9.97 Å². The summed E-state index contributed by atoms with van der Waals surface area (Å²) in [6, 6.07) is 63.1. The molecule has 3 heterocycles. The molecule has 1 aliphatic rings. The molecule has 0 aliphatic heterocycles. The minimum absolute atomic E-state index is 0.464. The van der Waals surface area contributed by atoms with E-state index in [-0.39, 0.29) is 0 Å². The maximum Gasteiger partial charge on any atom is 0.160 e. The molecule has 10 aromatic rings. The molecule has 4 nitrogen and oxygen atoms in total. The topological polar surface area (TPSA) is 35.6 Å². The van der Waals surface area contributed by atoms with Crippen molar-refractivity contribution in [3.8, 4) is 50.7 Å². The van der Waals surface area contributed by atoms with E-state index in [1.54, 1.807) is 0 Å². The number of fused-ring (bicyclic) bond motifs is 6.